The van der Waals surface area contributed by atoms with E-state index in [0.29, 0.717) is 23.2 Å². The van der Waals surface area contributed by atoms with Gasteiger partial charge in [-0.1, -0.05) is 80.8 Å². The fraction of sp³-hybridized carbons (Fsp3) is 0.368. The molecule has 0 amide bonds. The maximum atomic E-state index is 14.9. The molecule has 0 spiro atoms. The third-order valence-corrected chi connectivity index (χ3v) is 11.5. The van der Waals surface area contributed by atoms with Crippen molar-refractivity contribution in [3.8, 4) is 0 Å². The van der Waals surface area contributed by atoms with Crippen LogP contribution in [0.5, 0.6) is 0 Å². The first-order valence-corrected chi connectivity index (χ1v) is 24.2. The summed E-state index contributed by atoms with van der Waals surface area (Å²) < 4.78 is 143. The van der Waals surface area contributed by atoms with Crippen molar-refractivity contribution < 1.29 is 64.8 Å². The minimum absolute atomic E-state index is 0.101. The van der Waals surface area contributed by atoms with Crippen molar-refractivity contribution in [2.24, 2.45) is 0 Å². The molecule has 0 aromatic heterocycles. The Hall–Kier alpha value is -1.86. The number of unbranched alkanes of at least 4 members (excludes halogenated alkanes) is 1. The van der Waals surface area contributed by atoms with Gasteiger partial charge in [0, 0.05) is 10.9 Å². The van der Waals surface area contributed by atoms with Gasteiger partial charge in [0.05, 0.1) is 0 Å². The molecule has 0 nitrogen and oxygen atoms in total. The summed E-state index contributed by atoms with van der Waals surface area (Å²) in [5.74, 6) is -24.4. The average Bonchev–Trinajstić information content (AvgIpc) is 3.80. The number of hydrogen-bond donors (Lipinski definition) is 0. The summed E-state index contributed by atoms with van der Waals surface area (Å²) in [6, 6.07) is 15.8. The van der Waals surface area contributed by atoms with Gasteiger partial charge in [0.25, 0.3) is 6.71 Å². The Morgan fingerprint density at radius 2 is 1.08 bits per heavy atom. The molecule has 0 aliphatic carbocycles. The van der Waals surface area contributed by atoms with Crippen LogP contribution in [-0.4, -0.2) is 17.0 Å². The fourth-order valence-electron chi connectivity index (χ4n) is 6.33. The SMILES string of the molecule is CC(C)(C)P(c1ccc[cH-]1)C(C)(C)C.CCC/C=C(/CCCc1ccc[cH-]1)B(c1c(F)c(F)c(F)c(F)c1F)c1c(F)c(F)c(F)c(F)c1F.[Cl][Zr+2][Cl]. The van der Waals surface area contributed by atoms with E-state index in [1.165, 1.54) is 6.08 Å². The molecule has 0 saturated carbocycles. The van der Waals surface area contributed by atoms with E-state index in [4.69, 9.17) is 17.0 Å². The van der Waals surface area contributed by atoms with Crippen LogP contribution in [0.4, 0.5) is 43.9 Å². The normalized spacial score (nSPS) is 11.9. The summed E-state index contributed by atoms with van der Waals surface area (Å²) in [6.07, 6.45) is 2.12. The molecular formula is C38H40BCl2F10PZr. The topological polar surface area (TPSA) is 0 Å². The summed E-state index contributed by atoms with van der Waals surface area (Å²) in [4.78, 5) is 0. The molecule has 0 atom stereocenters. The van der Waals surface area contributed by atoms with Crippen LogP contribution in [0, 0.1) is 58.2 Å². The summed E-state index contributed by atoms with van der Waals surface area (Å²) >= 11 is -0.826. The Morgan fingerprint density at radius 3 is 1.42 bits per heavy atom. The number of aryl methyl sites for hydroxylation is 1. The molecular weight excluding hydrogens is 850 g/mol. The first-order valence-electron chi connectivity index (χ1n) is 16.6. The van der Waals surface area contributed by atoms with E-state index in [0.717, 1.165) is 5.56 Å². The second-order valence-corrected chi connectivity index (χ2v) is 21.6. The monoisotopic (exact) mass is 888 g/mol. The number of rotatable bonds is 10. The third-order valence-electron chi connectivity index (χ3n) is 8.04. The summed E-state index contributed by atoms with van der Waals surface area (Å²) in [6.45, 7) is 13.3. The van der Waals surface area contributed by atoms with Gasteiger partial charge in [-0.25, -0.2) is 68.2 Å². The molecule has 0 radical (unpaired) electrons. The molecule has 0 aliphatic rings. The predicted octanol–water partition coefficient (Wildman–Crippen LogP) is 12.2. The zero-order valence-electron chi connectivity index (χ0n) is 30.3. The van der Waals surface area contributed by atoms with Crippen LogP contribution in [0.3, 0.4) is 0 Å². The van der Waals surface area contributed by atoms with E-state index in [1.807, 2.05) is 0 Å². The molecule has 0 N–H and O–H groups in total. The van der Waals surface area contributed by atoms with Gasteiger partial charge in [0.2, 0.25) is 0 Å². The Balaban J connectivity index is 0.000000474. The molecule has 0 heterocycles. The van der Waals surface area contributed by atoms with Crippen molar-refractivity contribution in [3.63, 3.8) is 0 Å². The zero-order chi connectivity index (χ0) is 40.4. The van der Waals surface area contributed by atoms with Gasteiger partial charge >= 0.3 is 37.9 Å². The van der Waals surface area contributed by atoms with Gasteiger partial charge in [-0.3, -0.25) is 0 Å². The van der Waals surface area contributed by atoms with Crippen LogP contribution < -0.4 is 16.2 Å². The van der Waals surface area contributed by atoms with Crippen molar-refractivity contribution in [2.45, 2.75) is 90.9 Å². The molecule has 0 bridgehead atoms. The van der Waals surface area contributed by atoms with E-state index in [-0.39, 0.29) is 32.7 Å². The molecule has 4 rings (SSSR count). The molecule has 0 unspecified atom stereocenters. The van der Waals surface area contributed by atoms with Gasteiger partial charge in [-0.2, -0.15) is 29.8 Å². The van der Waals surface area contributed by atoms with Crippen LogP contribution in [0.2, 0.25) is 0 Å². The summed E-state index contributed by atoms with van der Waals surface area (Å²) in [5.41, 5.74) is -2.83. The Labute approximate surface area is 325 Å². The van der Waals surface area contributed by atoms with Crippen molar-refractivity contribution in [3.05, 3.63) is 124 Å². The summed E-state index contributed by atoms with van der Waals surface area (Å²) in [5, 5.41) is 2.32. The zero-order valence-corrected chi connectivity index (χ0v) is 35.2. The number of benzene rings is 2. The second kappa shape index (κ2) is 20.9. The first kappa shape index (κ1) is 47.3. The Morgan fingerprint density at radius 1 is 0.679 bits per heavy atom. The molecule has 4 aromatic rings. The predicted molar refractivity (Wildman–Crippen MR) is 195 cm³/mol. The molecule has 0 saturated heterocycles. The van der Waals surface area contributed by atoms with Gasteiger partial charge in [-0.05, 0) is 29.6 Å². The van der Waals surface area contributed by atoms with Gasteiger partial charge in [0.15, 0.2) is 58.2 Å². The van der Waals surface area contributed by atoms with Crippen molar-refractivity contribution in [2.75, 3.05) is 0 Å². The molecule has 288 valence electrons. The molecule has 15 heteroatoms. The van der Waals surface area contributed by atoms with Gasteiger partial charge in [-0.15, -0.1) is 5.30 Å². The third kappa shape index (κ3) is 12.1. The molecule has 0 aliphatic heterocycles. The fourth-order valence-corrected chi connectivity index (χ4v) is 10.4. The minimum atomic E-state index is -2.53. The summed E-state index contributed by atoms with van der Waals surface area (Å²) in [7, 11) is 9.77. The van der Waals surface area contributed by atoms with Crippen molar-refractivity contribution >= 4 is 47.9 Å². The van der Waals surface area contributed by atoms with E-state index in [9.17, 15) is 43.9 Å². The molecule has 0 fully saturated rings. The van der Waals surface area contributed by atoms with Crippen molar-refractivity contribution in [1.82, 2.24) is 0 Å². The molecule has 53 heavy (non-hydrogen) atoms. The Bertz CT molecular complexity index is 1660. The number of allylic oxidation sites excluding steroid dienone is 2. The van der Waals surface area contributed by atoms with E-state index < -0.39 is 96.7 Å². The quantitative estimate of drug-likeness (QED) is 0.0372. The first-order chi connectivity index (χ1) is 24.7. The van der Waals surface area contributed by atoms with E-state index >= 15 is 0 Å². The van der Waals surface area contributed by atoms with Crippen LogP contribution in [0.15, 0.2) is 60.1 Å². The number of halogens is 12. The average molecular weight is 891 g/mol. The van der Waals surface area contributed by atoms with E-state index in [2.05, 4.69) is 65.8 Å². The van der Waals surface area contributed by atoms with E-state index in [1.54, 1.807) is 36.5 Å². The van der Waals surface area contributed by atoms with Gasteiger partial charge in [0.1, 0.15) is 0 Å². The number of hydrogen-bond acceptors (Lipinski definition) is 0. The Kier molecular flexibility index (Phi) is 18.6. The van der Waals surface area contributed by atoms with Crippen LogP contribution in [0.1, 0.15) is 79.7 Å². The second-order valence-electron chi connectivity index (χ2n) is 14.0. The van der Waals surface area contributed by atoms with Crippen LogP contribution >= 0.6 is 24.9 Å². The van der Waals surface area contributed by atoms with Crippen LogP contribution in [-0.2, 0) is 27.3 Å². The standard InChI is InChI=1S/C25H18BF10.C13H22P.2ClH.Zr/c1-2-3-10-13(11-6-9-12-7-4-5-8-12)26(14-16(27)20(31)24(35)21(32)17(14)28)15-18(29)22(33)25(36)23(34)19(15)30;1-12(2,3)14(13(4,5)6)11-9-7-8-10-11;;;/h4-5,7-8,10H,2-3,6,9,11H2,1H3;7-10H,1-6H3;2*1H;/q2*-1;;;+4/p-2/b13-10-;;;;. The van der Waals surface area contributed by atoms with Crippen molar-refractivity contribution in [1.29, 1.82) is 0 Å². The molecule has 4 aromatic carbocycles. The van der Waals surface area contributed by atoms with Crippen LogP contribution in [0.25, 0.3) is 0 Å². The van der Waals surface area contributed by atoms with Gasteiger partial charge < -0.3 is 0 Å². The maximum absolute atomic E-state index is 14.9.